The Labute approximate surface area is 183 Å². The molecule has 2 aromatic rings. The molecule has 0 aromatic heterocycles. The Hall–Kier alpha value is -2.48. The monoisotopic (exact) mass is 430 g/mol. The standard InChI is InChI=1S/C24H31FN2O4/c1-3-23(27-10-12-31-13-11-27)21-9-4-17(18(16-30-2)15-24(28)29)14-22(21)26-20-7-5-19(25)6-8-20/h4-9,14,18,23,26H,3,10-13,15-16H2,1-2H3,(H,28,29)/t18-,23+/m1/s1. The molecular weight excluding hydrogens is 399 g/mol. The largest absolute Gasteiger partial charge is 0.481 e. The number of carboxylic acids is 1. The first-order valence-electron chi connectivity index (χ1n) is 10.7. The van der Waals surface area contributed by atoms with Crippen molar-refractivity contribution in [3.63, 3.8) is 0 Å². The molecule has 31 heavy (non-hydrogen) atoms. The van der Waals surface area contributed by atoms with E-state index in [1.165, 1.54) is 12.1 Å². The highest BCUT2D eigenvalue weighted by molar-refractivity contribution is 5.69. The van der Waals surface area contributed by atoms with Crippen LogP contribution in [0, 0.1) is 5.82 Å². The minimum atomic E-state index is -0.862. The zero-order chi connectivity index (χ0) is 22.2. The summed E-state index contributed by atoms with van der Waals surface area (Å²) in [7, 11) is 1.58. The van der Waals surface area contributed by atoms with Gasteiger partial charge in [-0.3, -0.25) is 9.69 Å². The molecule has 0 bridgehead atoms. The average Bonchev–Trinajstić information content (AvgIpc) is 2.77. The summed E-state index contributed by atoms with van der Waals surface area (Å²) in [6.45, 7) is 5.63. The van der Waals surface area contributed by atoms with Gasteiger partial charge in [-0.1, -0.05) is 19.1 Å². The molecule has 0 amide bonds. The fourth-order valence-corrected chi connectivity index (χ4v) is 4.16. The van der Waals surface area contributed by atoms with E-state index in [1.54, 1.807) is 19.2 Å². The molecule has 0 aliphatic carbocycles. The maximum Gasteiger partial charge on any atom is 0.304 e. The van der Waals surface area contributed by atoms with Crippen LogP contribution in [-0.4, -0.2) is 56.0 Å². The molecule has 1 fully saturated rings. The molecule has 0 radical (unpaired) electrons. The van der Waals surface area contributed by atoms with E-state index >= 15 is 0 Å². The molecule has 168 valence electrons. The summed E-state index contributed by atoms with van der Waals surface area (Å²) >= 11 is 0. The summed E-state index contributed by atoms with van der Waals surface area (Å²) in [6, 6.07) is 12.5. The molecule has 1 saturated heterocycles. The molecule has 1 heterocycles. The summed E-state index contributed by atoms with van der Waals surface area (Å²) in [5, 5.41) is 12.8. The average molecular weight is 431 g/mol. The molecular formula is C24H31FN2O4. The highest BCUT2D eigenvalue weighted by Gasteiger charge is 2.25. The van der Waals surface area contributed by atoms with Gasteiger partial charge in [-0.05, 0) is 47.9 Å². The first-order chi connectivity index (χ1) is 15.0. The van der Waals surface area contributed by atoms with Crippen molar-refractivity contribution < 1.29 is 23.8 Å². The molecule has 6 nitrogen and oxygen atoms in total. The van der Waals surface area contributed by atoms with Gasteiger partial charge in [0.15, 0.2) is 0 Å². The molecule has 0 spiro atoms. The van der Waals surface area contributed by atoms with Crippen LogP contribution in [0.4, 0.5) is 15.8 Å². The highest BCUT2D eigenvalue weighted by Crippen LogP contribution is 2.35. The van der Waals surface area contributed by atoms with E-state index < -0.39 is 5.97 Å². The van der Waals surface area contributed by atoms with Gasteiger partial charge in [0.2, 0.25) is 0 Å². The summed E-state index contributed by atoms with van der Waals surface area (Å²) in [5.41, 5.74) is 3.70. The van der Waals surface area contributed by atoms with Crippen LogP contribution in [0.25, 0.3) is 0 Å². The second-order valence-corrected chi connectivity index (χ2v) is 7.80. The Kier molecular flexibility index (Phi) is 8.40. The molecule has 7 heteroatoms. The quantitative estimate of drug-likeness (QED) is 0.576. The first-order valence-corrected chi connectivity index (χ1v) is 10.7. The van der Waals surface area contributed by atoms with Crippen LogP contribution in [-0.2, 0) is 14.3 Å². The van der Waals surface area contributed by atoms with Gasteiger partial charge in [-0.2, -0.15) is 0 Å². The predicted molar refractivity (Wildman–Crippen MR) is 118 cm³/mol. The van der Waals surface area contributed by atoms with E-state index in [0.29, 0.717) is 19.8 Å². The van der Waals surface area contributed by atoms with Crippen molar-refractivity contribution in [1.82, 2.24) is 4.90 Å². The molecule has 1 aliphatic heterocycles. The number of nitrogens with one attached hydrogen (secondary N) is 1. The summed E-state index contributed by atoms with van der Waals surface area (Å²) in [5.74, 6) is -1.41. The molecule has 2 atom stereocenters. The van der Waals surface area contributed by atoms with Crippen LogP contribution in [0.3, 0.4) is 0 Å². The number of halogens is 1. The lowest BCUT2D eigenvalue weighted by Gasteiger charge is -2.35. The van der Waals surface area contributed by atoms with E-state index in [-0.39, 0.29) is 24.2 Å². The number of hydrogen-bond donors (Lipinski definition) is 2. The normalized spacial score (nSPS) is 16.6. The van der Waals surface area contributed by atoms with Crippen molar-refractivity contribution in [3.8, 4) is 0 Å². The zero-order valence-electron chi connectivity index (χ0n) is 18.1. The Morgan fingerprint density at radius 3 is 2.55 bits per heavy atom. The van der Waals surface area contributed by atoms with E-state index in [0.717, 1.165) is 42.0 Å². The second-order valence-electron chi connectivity index (χ2n) is 7.80. The molecule has 1 aliphatic rings. The molecule has 3 rings (SSSR count). The van der Waals surface area contributed by atoms with E-state index in [9.17, 15) is 14.3 Å². The molecule has 0 saturated carbocycles. The second kappa shape index (κ2) is 11.2. The SMILES string of the molecule is CC[C@@H](c1ccc([C@@H](COC)CC(=O)O)cc1Nc1ccc(F)cc1)N1CCOCC1. The van der Waals surface area contributed by atoms with Gasteiger partial charge in [0.05, 0.1) is 26.2 Å². The Morgan fingerprint density at radius 1 is 1.23 bits per heavy atom. The highest BCUT2D eigenvalue weighted by atomic mass is 19.1. The Balaban J connectivity index is 1.99. The molecule has 2 aromatic carbocycles. The van der Waals surface area contributed by atoms with E-state index in [2.05, 4.69) is 23.2 Å². The number of aliphatic carboxylic acids is 1. The summed E-state index contributed by atoms with van der Waals surface area (Å²) in [6.07, 6.45) is 0.915. The minimum absolute atomic E-state index is 0.0101. The van der Waals surface area contributed by atoms with Gasteiger partial charge in [0.25, 0.3) is 0 Å². The van der Waals surface area contributed by atoms with Gasteiger partial charge in [0.1, 0.15) is 5.82 Å². The third kappa shape index (κ3) is 6.26. The van der Waals surface area contributed by atoms with Gasteiger partial charge in [0, 0.05) is 43.5 Å². The van der Waals surface area contributed by atoms with Crippen LogP contribution in [0.1, 0.15) is 42.9 Å². The van der Waals surface area contributed by atoms with Crippen LogP contribution in [0.2, 0.25) is 0 Å². The van der Waals surface area contributed by atoms with Crippen molar-refractivity contribution in [2.24, 2.45) is 0 Å². The number of rotatable bonds is 10. The number of carbonyl (C=O) groups is 1. The van der Waals surface area contributed by atoms with Crippen LogP contribution >= 0.6 is 0 Å². The zero-order valence-corrected chi connectivity index (χ0v) is 18.1. The van der Waals surface area contributed by atoms with Crippen LogP contribution < -0.4 is 5.32 Å². The number of methoxy groups -OCH3 is 1. The van der Waals surface area contributed by atoms with Gasteiger partial charge < -0.3 is 19.9 Å². The number of benzene rings is 2. The fraction of sp³-hybridized carbons (Fsp3) is 0.458. The molecule has 0 unspecified atom stereocenters. The van der Waals surface area contributed by atoms with Crippen molar-refractivity contribution in [3.05, 3.63) is 59.4 Å². The fourth-order valence-electron chi connectivity index (χ4n) is 4.16. The third-order valence-corrected chi connectivity index (χ3v) is 5.69. The van der Waals surface area contributed by atoms with Crippen molar-refractivity contribution in [2.75, 3.05) is 45.3 Å². The lowest BCUT2D eigenvalue weighted by Crippen LogP contribution is -2.39. The van der Waals surface area contributed by atoms with Gasteiger partial charge in [-0.15, -0.1) is 0 Å². The van der Waals surface area contributed by atoms with Crippen molar-refractivity contribution >= 4 is 17.3 Å². The Morgan fingerprint density at radius 2 is 1.94 bits per heavy atom. The van der Waals surface area contributed by atoms with Crippen molar-refractivity contribution in [2.45, 2.75) is 31.7 Å². The number of morpholine rings is 1. The number of nitrogens with zero attached hydrogens (tertiary/aromatic N) is 1. The van der Waals surface area contributed by atoms with Gasteiger partial charge in [-0.25, -0.2) is 4.39 Å². The van der Waals surface area contributed by atoms with Crippen LogP contribution in [0.5, 0.6) is 0 Å². The lowest BCUT2D eigenvalue weighted by molar-refractivity contribution is -0.137. The number of carboxylic acid groups (broad SMARTS) is 1. The maximum absolute atomic E-state index is 13.4. The van der Waals surface area contributed by atoms with Gasteiger partial charge >= 0.3 is 5.97 Å². The number of hydrogen-bond acceptors (Lipinski definition) is 5. The van der Waals surface area contributed by atoms with E-state index in [1.807, 2.05) is 12.1 Å². The van der Waals surface area contributed by atoms with Crippen molar-refractivity contribution in [1.29, 1.82) is 0 Å². The summed E-state index contributed by atoms with van der Waals surface area (Å²) in [4.78, 5) is 13.8. The lowest BCUT2D eigenvalue weighted by atomic mass is 9.91. The maximum atomic E-state index is 13.4. The summed E-state index contributed by atoms with van der Waals surface area (Å²) < 4.78 is 24.2. The minimum Gasteiger partial charge on any atom is -0.481 e. The topological polar surface area (TPSA) is 71.0 Å². The molecule has 2 N–H and O–H groups in total. The number of ether oxygens (including phenoxy) is 2. The predicted octanol–water partition coefficient (Wildman–Crippen LogP) is 4.56. The Bertz CT molecular complexity index is 853. The smallest absolute Gasteiger partial charge is 0.304 e. The number of anilines is 2. The first kappa shape index (κ1) is 23.2. The van der Waals surface area contributed by atoms with E-state index in [4.69, 9.17) is 9.47 Å². The van der Waals surface area contributed by atoms with Crippen LogP contribution in [0.15, 0.2) is 42.5 Å². The third-order valence-electron chi connectivity index (χ3n) is 5.69.